The van der Waals surface area contributed by atoms with Crippen LogP contribution in [0.15, 0.2) is 53.7 Å². The van der Waals surface area contributed by atoms with Crippen molar-refractivity contribution in [3.63, 3.8) is 0 Å². The molecule has 4 nitrogen and oxygen atoms in total. The zero-order chi connectivity index (χ0) is 13.9. The van der Waals surface area contributed by atoms with Gasteiger partial charge in [0.1, 0.15) is 0 Å². The fourth-order valence-corrected chi connectivity index (χ4v) is 2.84. The average Bonchev–Trinajstić information content (AvgIpc) is 2.89. The summed E-state index contributed by atoms with van der Waals surface area (Å²) >= 11 is 7.06. The molecule has 0 saturated carbocycles. The summed E-state index contributed by atoms with van der Waals surface area (Å²) in [5.74, 6) is 0.768. The van der Waals surface area contributed by atoms with E-state index in [2.05, 4.69) is 21.2 Å². The molecular formula is C14H12N4S2. The van der Waals surface area contributed by atoms with Gasteiger partial charge in [-0.05, 0) is 42.7 Å². The van der Waals surface area contributed by atoms with E-state index in [-0.39, 0.29) is 0 Å². The number of H-pyrrole nitrogens is 1. The van der Waals surface area contributed by atoms with E-state index in [0.29, 0.717) is 4.77 Å². The van der Waals surface area contributed by atoms with E-state index in [1.807, 2.05) is 41.2 Å². The number of para-hydroxylation sites is 1. The molecule has 3 rings (SSSR count). The molecule has 0 unspecified atom stereocenters. The molecule has 0 spiro atoms. The summed E-state index contributed by atoms with van der Waals surface area (Å²) in [4.78, 5) is 5.29. The lowest BCUT2D eigenvalue weighted by atomic mass is 10.2. The van der Waals surface area contributed by atoms with Crippen molar-refractivity contribution < 1.29 is 0 Å². The van der Waals surface area contributed by atoms with E-state index in [9.17, 15) is 0 Å². The van der Waals surface area contributed by atoms with Gasteiger partial charge in [-0.2, -0.15) is 5.10 Å². The number of pyridine rings is 1. The lowest BCUT2D eigenvalue weighted by molar-refractivity contribution is 1.01. The third kappa shape index (κ3) is 2.28. The molecule has 0 saturated heterocycles. The number of nitrogens with zero attached hydrogens (tertiary/aromatic N) is 3. The zero-order valence-electron chi connectivity index (χ0n) is 10.8. The molecule has 3 aromatic rings. The third-order valence-corrected chi connectivity index (χ3v) is 3.98. The number of rotatable bonds is 3. The SMILES string of the molecule is CSc1ccccc1-n1c(-c2cccnc2)n[nH]c1=S. The summed E-state index contributed by atoms with van der Waals surface area (Å²) < 4.78 is 2.52. The Labute approximate surface area is 125 Å². The van der Waals surface area contributed by atoms with Crippen LogP contribution in [0.3, 0.4) is 0 Å². The van der Waals surface area contributed by atoms with Gasteiger partial charge < -0.3 is 0 Å². The normalized spacial score (nSPS) is 10.7. The van der Waals surface area contributed by atoms with Gasteiger partial charge in [-0.15, -0.1) is 11.8 Å². The lowest BCUT2D eigenvalue weighted by Gasteiger charge is -2.10. The number of hydrogen-bond donors (Lipinski definition) is 1. The number of aromatic amines is 1. The highest BCUT2D eigenvalue weighted by atomic mass is 32.2. The summed E-state index contributed by atoms with van der Waals surface area (Å²) in [5.41, 5.74) is 1.95. The summed E-state index contributed by atoms with van der Waals surface area (Å²) in [7, 11) is 0. The van der Waals surface area contributed by atoms with E-state index >= 15 is 0 Å². The van der Waals surface area contributed by atoms with Crippen molar-refractivity contribution in [2.45, 2.75) is 4.90 Å². The van der Waals surface area contributed by atoms with Crippen molar-refractivity contribution in [1.82, 2.24) is 19.7 Å². The Balaban J connectivity index is 2.25. The Morgan fingerprint density at radius 3 is 2.80 bits per heavy atom. The number of aromatic nitrogens is 4. The van der Waals surface area contributed by atoms with Gasteiger partial charge in [-0.3, -0.25) is 14.6 Å². The first-order chi connectivity index (χ1) is 9.81. The Kier molecular flexibility index (Phi) is 3.66. The Morgan fingerprint density at radius 2 is 2.05 bits per heavy atom. The minimum Gasteiger partial charge on any atom is -0.267 e. The molecule has 2 aromatic heterocycles. The second-order valence-electron chi connectivity index (χ2n) is 4.10. The van der Waals surface area contributed by atoms with Crippen LogP contribution in [0.4, 0.5) is 0 Å². The predicted octanol–water partition coefficient (Wildman–Crippen LogP) is 3.71. The van der Waals surface area contributed by atoms with E-state index in [1.54, 1.807) is 24.2 Å². The molecule has 0 aliphatic rings. The number of hydrogen-bond acceptors (Lipinski definition) is 4. The molecule has 0 atom stereocenters. The summed E-state index contributed by atoms with van der Waals surface area (Å²) in [5, 5.41) is 7.20. The lowest BCUT2D eigenvalue weighted by Crippen LogP contribution is -1.99. The average molecular weight is 300 g/mol. The third-order valence-electron chi connectivity index (χ3n) is 2.92. The Bertz CT molecular complexity index is 777. The van der Waals surface area contributed by atoms with Gasteiger partial charge in [0.15, 0.2) is 10.6 Å². The molecule has 6 heteroatoms. The molecule has 0 radical (unpaired) electrons. The van der Waals surface area contributed by atoms with E-state index in [0.717, 1.165) is 22.0 Å². The Hall–Kier alpha value is -1.92. The summed E-state index contributed by atoms with van der Waals surface area (Å²) in [6.07, 6.45) is 5.57. The van der Waals surface area contributed by atoms with Crippen LogP contribution in [0.25, 0.3) is 17.1 Å². The second-order valence-corrected chi connectivity index (χ2v) is 5.34. The maximum Gasteiger partial charge on any atom is 0.200 e. The molecule has 1 N–H and O–H groups in total. The van der Waals surface area contributed by atoms with Crippen LogP contribution in [0.2, 0.25) is 0 Å². The highest BCUT2D eigenvalue weighted by Crippen LogP contribution is 2.27. The van der Waals surface area contributed by atoms with Crippen molar-refractivity contribution in [3.05, 3.63) is 53.6 Å². The first-order valence-corrected chi connectivity index (χ1v) is 7.66. The fraction of sp³-hybridized carbons (Fsp3) is 0.0714. The van der Waals surface area contributed by atoms with Crippen molar-refractivity contribution in [3.8, 4) is 17.1 Å². The van der Waals surface area contributed by atoms with Gasteiger partial charge in [0.2, 0.25) is 0 Å². The zero-order valence-corrected chi connectivity index (χ0v) is 12.4. The van der Waals surface area contributed by atoms with Gasteiger partial charge in [-0.1, -0.05) is 12.1 Å². The molecular weight excluding hydrogens is 288 g/mol. The van der Waals surface area contributed by atoms with Crippen LogP contribution in [-0.4, -0.2) is 26.0 Å². The maximum absolute atomic E-state index is 5.38. The van der Waals surface area contributed by atoms with Gasteiger partial charge in [-0.25, -0.2) is 0 Å². The highest BCUT2D eigenvalue weighted by molar-refractivity contribution is 7.98. The van der Waals surface area contributed by atoms with Crippen LogP contribution < -0.4 is 0 Å². The largest absolute Gasteiger partial charge is 0.267 e. The molecule has 0 aliphatic carbocycles. The van der Waals surface area contributed by atoms with E-state index in [1.165, 1.54) is 0 Å². The minimum absolute atomic E-state index is 0.574. The van der Waals surface area contributed by atoms with Crippen LogP contribution in [0.1, 0.15) is 0 Å². The standard InChI is InChI=1S/C14H12N4S2/c1-20-12-7-3-2-6-11(12)18-13(16-17-14(18)19)10-5-4-8-15-9-10/h2-9H,1H3,(H,17,19). The monoisotopic (exact) mass is 300 g/mol. The minimum atomic E-state index is 0.574. The maximum atomic E-state index is 5.38. The quantitative estimate of drug-likeness (QED) is 0.591. The highest BCUT2D eigenvalue weighted by Gasteiger charge is 2.13. The van der Waals surface area contributed by atoms with Crippen molar-refractivity contribution in [2.24, 2.45) is 0 Å². The molecule has 2 heterocycles. The molecule has 0 bridgehead atoms. The van der Waals surface area contributed by atoms with Gasteiger partial charge in [0.05, 0.1) is 5.69 Å². The molecule has 100 valence electrons. The van der Waals surface area contributed by atoms with E-state index in [4.69, 9.17) is 12.2 Å². The molecule has 1 aromatic carbocycles. The number of nitrogens with one attached hydrogen (secondary N) is 1. The van der Waals surface area contributed by atoms with Crippen LogP contribution in [0.5, 0.6) is 0 Å². The molecule has 20 heavy (non-hydrogen) atoms. The van der Waals surface area contributed by atoms with Crippen LogP contribution >= 0.6 is 24.0 Å². The van der Waals surface area contributed by atoms with Crippen molar-refractivity contribution >= 4 is 24.0 Å². The van der Waals surface area contributed by atoms with Gasteiger partial charge in [0.25, 0.3) is 0 Å². The van der Waals surface area contributed by atoms with Gasteiger partial charge in [0, 0.05) is 22.9 Å². The topological polar surface area (TPSA) is 46.5 Å². The van der Waals surface area contributed by atoms with Crippen LogP contribution in [-0.2, 0) is 0 Å². The Morgan fingerprint density at radius 1 is 1.20 bits per heavy atom. The van der Waals surface area contributed by atoms with E-state index < -0.39 is 0 Å². The van der Waals surface area contributed by atoms with Crippen molar-refractivity contribution in [1.29, 1.82) is 0 Å². The predicted molar refractivity (Wildman–Crippen MR) is 83.8 cm³/mol. The van der Waals surface area contributed by atoms with Crippen molar-refractivity contribution in [2.75, 3.05) is 6.26 Å². The molecule has 0 aliphatic heterocycles. The molecule has 0 amide bonds. The molecule has 0 fully saturated rings. The van der Waals surface area contributed by atoms with Crippen LogP contribution in [0, 0.1) is 4.77 Å². The smallest absolute Gasteiger partial charge is 0.200 e. The summed E-state index contributed by atoms with van der Waals surface area (Å²) in [6.45, 7) is 0. The number of thioether (sulfide) groups is 1. The first kappa shape index (κ1) is 13.1. The van der Waals surface area contributed by atoms with Gasteiger partial charge >= 0.3 is 0 Å². The fourth-order valence-electron chi connectivity index (χ4n) is 2.02. The summed E-state index contributed by atoms with van der Waals surface area (Å²) in [6, 6.07) is 12.0. The first-order valence-electron chi connectivity index (χ1n) is 6.02. The second kappa shape index (κ2) is 5.60. The number of benzene rings is 1.